The van der Waals surface area contributed by atoms with Crippen LogP contribution in [-0.4, -0.2) is 0 Å². The fourth-order valence-corrected chi connectivity index (χ4v) is 1.88. The van der Waals surface area contributed by atoms with Crippen LogP contribution < -0.4 is 0 Å². The summed E-state index contributed by atoms with van der Waals surface area (Å²) in [4.78, 5) is 0. The van der Waals surface area contributed by atoms with Crippen LogP contribution in [0.25, 0.3) is 0 Å². The molecule has 0 fully saturated rings. The van der Waals surface area contributed by atoms with Crippen molar-refractivity contribution in [2.45, 2.75) is 32.4 Å². The summed E-state index contributed by atoms with van der Waals surface area (Å²) in [5.41, 5.74) is -0.201. The van der Waals surface area contributed by atoms with Crippen molar-refractivity contribution in [2.75, 3.05) is 0 Å². The molecule has 4 heteroatoms. The standard InChI is InChI=1S/C11H13F3S/c1-5-7(11(3,4)15)8(12)6(2)10(14)9(5)13/h15H,1-4H3. The fourth-order valence-electron chi connectivity index (χ4n) is 1.61. The van der Waals surface area contributed by atoms with Gasteiger partial charge in [-0.15, -0.1) is 0 Å². The molecule has 0 aliphatic rings. The molecule has 0 N–H and O–H groups in total. The lowest BCUT2D eigenvalue weighted by molar-refractivity contribution is 0.469. The predicted molar refractivity (Wildman–Crippen MR) is 57.8 cm³/mol. The van der Waals surface area contributed by atoms with Crippen LogP contribution in [0, 0.1) is 31.3 Å². The van der Waals surface area contributed by atoms with E-state index in [9.17, 15) is 13.2 Å². The van der Waals surface area contributed by atoms with Crippen LogP contribution in [0.4, 0.5) is 13.2 Å². The van der Waals surface area contributed by atoms with E-state index in [1.807, 2.05) is 0 Å². The molecule has 0 saturated carbocycles. The molecular weight excluding hydrogens is 221 g/mol. The fraction of sp³-hybridized carbons (Fsp3) is 0.455. The minimum atomic E-state index is -1.12. The van der Waals surface area contributed by atoms with E-state index in [4.69, 9.17) is 0 Å². The molecule has 1 rings (SSSR count). The second-order valence-corrected chi connectivity index (χ2v) is 5.24. The number of halogens is 3. The number of thiol groups is 1. The smallest absolute Gasteiger partial charge is 0.164 e. The molecule has 0 amide bonds. The van der Waals surface area contributed by atoms with Crippen LogP contribution in [0.15, 0.2) is 0 Å². The summed E-state index contributed by atoms with van der Waals surface area (Å²) in [6.45, 7) is 5.85. The minimum absolute atomic E-state index is 0.0180. The number of hydrogen-bond donors (Lipinski definition) is 1. The van der Waals surface area contributed by atoms with Gasteiger partial charge < -0.3 is 0 Å². The quantitative estimate of drug-likeness (QED) is 0.553. The van der Waals surface area contributed by atoms with Crippen molar-refractivity contribution in [3.8, 4) is 0 Å². The highest BCUT2D eigenvalue weighted by molar-refractivity contribution is 7.81. The van der Waals surface area contributed by atoms with Gasteiger partial charge in [0.25, 0.3) is 0 Å². The number of hydrogen-bond acceptors (Lipinski definition) is 1. The van der Waals surface area contributed by atoms with Gasteiger partial charge in [0.2, 0.25) is 0 Å². The first-order chi connectivity index (χ1) is 6.68. The summed E-state index contributed by atoms with van der Waals surface area (Å²) in [5, 5.41) is 0. The van der Waals surface area contributed by atoms with Crippen molar-refractivity contribution < 1.29 is 13.2 Å². The molecule has 0 radical (unpaired) electrons. The van der Waals surface area contributed by atoms with Gasteiger partial charge in [0.05, 0.1) is 0 Å². The van der Waals surface area contributed by atoms with Crippen molar-refractivity contribution >= 4 is 12.6 Å². The number of rotatable bonds is 1. The van der Waals surface area contributed by atoms with Crippen molar-refractivity contribution in [1.29, 1.82) is 0 Å². The van der Waals surface area contributed by atoms with Gasteiger partial charge in [0.15, 0.2) is 11.6 Å². The highest BCUT2D eigenvalue weighted by atomic mass is 32.1. The van der Waals surface area contributed by atoms with Crippen molar-refractivity contribution in [2.24, 2.45) is 0 Å². The molecule has 0 spiro atoms. The Kier molecular flexibility index (Phi) is 3.10. The van der Waals surface area contributed by atoms with Crippen molar-refractivity contribution in [3.63, 3.8) is 0 Å². The molecule has 0 atom stereocenters. The van der Waals surface area contributed by atoms with Crippen LogP contribution in [0.5, 0.6) is 0 Å². The molecule has 0 heterocycles. The third kappa shape index (κ3) is 2.00. The normalized spacial score (nSPS) is 12.0. The lowest BCUT2D eigenvalue weighted by Crippen LogP contribution is -2.16. The molecule has 0 aromatic heterocycles. The van der Waals surface area contributed by atoms with E-state index in [0.717, 1.165) is 0 Å². The monoisotopic (exact) mass is 234 g/mol. The lowest BCUT2D eigenvalue weighted by Gasteiger charge is -2.23. The van der Waals surface area contributed by atoms with E-state index in [2.05, 4.69) is 12.6 Å². The van der Waals surface area contributed by atoms with E-state index in [1.54, 1.807) is 13.8 Å². The Bertz CT molecular complexity index is 376. The van der Waals surface area contributed by atoms with Gasteiger partial charge in [0.1, 0.15) is 5.82 Å². The molecule has 0 nitrogen and oxygen atoms in total. The molecule has 0 saturated heterocycles. The summed E-state index contributed by atoms with van der Waals surface area (Å²) in [7, 11) is 0. The van der Waals surface area contributed by atoms with Crippen LogP contribution >= 0.6 is 12.6 Å². The topological polar surface area (TPSA) is 0 Å². The van der Waals surface area contributed by atoms with E-state index >= 15 is 0 Å². The number of benzene rings is 1. The average molecular weight is 234 g/mol. The third-order valence-electron chi connectivity index (χ3n) is 2.39. The van der Waals surface area contributed by atoms with Crippen LogP contribution in [0.3, 0.4) is 0 Å². The lowest BCUT2D eigenvalue weighted by atomic mass is 9.93. The molecule has 84 valence electrons. The zero-order valence-electron chi connectivity index (χ0n) is 9.08. The maximum atomic E-state index is 13.7. The largest absolute Gasteiger partial charge is 0.206 e. The maximum Gasteiger partial charge on any atom is 0.164 e. The predicted octanol–water partition coefficient (Wildman–Crippen LogP) is 3.89. The van der Waals surface area contributed by atoms with Gasteiger partial charge in [-0.2, -0.15) is 12.6 Å². The van der Waals surface area contributed by atoms with Crippen LogP contribution in [0.2, 0.25) is 0 Å². The highest BCUT2D eigenvalue weighted by Crippen LogP contribution is 2.35. The first-order valence-electron chi connectivity index (χ1n) is 4.54. The summed E-state index contributed by atoms with van der Waals surface area (Å²) in [5.74, 6) is -2.83. The van der Waals surface area contributed by atoms with Gasteiger partial charge in [0, 0.05) is 15.9 Å². The molecule has 1 aromatic carbocycles. The molecule has 0 bridgehead atoms. The SMILES string of the molecule is Cc1c(F)c(F)c(C)c(C(C)(C)S)c1F. The molecule has 1 aromatic rings. The summed E-state index contributed by atoms with van der Waals surface area (Å²) < 4.78 is 39.5. The molecular formula is C11H13F3S. The summed E-state index contributed by atoms with van der Waals surface area (Å²) >= 11 is 4.18. The zero-order valence-corrected chi connectivity index (χ0v) is 9.98. The van der Waals surface area contributed by atoms with Crippen LogP contribution in [0.1, 0.15) is 30.5 Å². The van der Waals surface area contributed by atoms with Gasteiger partial charge in [-0.25, -0.2) is 13.2 Å². The Balaban J connectivity index is 3.68. The molecule has 0 unspecified atom stereocenters. The van der Waals surface area contributed by atoms with Crippen LogP contribution in [-0.2, 0) is 4.75 Å². The van der Waals surface area contributed by atoms with E-state index in [0.29, 0.717) is 0 Å². The highest BCUT2D eigenvalue weighted by Gasteiger charge is 2.28. The Hall–Kier alpha value is -0.640. The Morgan fingerprint density at radius 1 is 0.867 bits per heavy atom. The Morgan fingerprint density at radius 2 is 1.27 bits per heavy atom. The van der Waals surface area contributed by atoms with E-state index < -0.39 is 22.2 Å². The Labute approximate surface area is 92.9 Å². The van der Waals surface area contributed by atoms with Crippen molar-refractivity contribution in [3.05, 3.63) is 34.1 Å². The second kappa shape index (κ2) is 3.74. The van der Waals surface area contributed by atoms with E-state index in [-0.39, 0.29) is 16.7 Å². The first kappa shape index (κ1) is 12.4. The zero-order chi connectivity index (χ0) is 12.0. The Morgan fingerprint density at radius 3 is 1.67 bits per heavy atom. The van der Waals surface area contributed by atoms with Gasteiger partial charge in [-0.3, -0.25) is 0 Å². The molecule has 15 heavy (non-hydrogen) atoms. The van der Waals surface area contributed by atoms with Crippen molar-refractivity contribution in [1.82, 2.24) is 0 Å². The third-order valence-corrected chi connectivity index (χ3v) is 2.61. The first-order valence-corrected chi connectivity index (χ1v) is 4.99. The average Bonchev–Trinajstić information content (AvgIpc) is 2.09. The van der Waals surface area contributed by atoms with Gasteiger partial charge >= 0.3 is 0 Å². The second-order valence-electron chi connectivity index (χ2n) is 4.13. The maximum absolute atomic E-state index is 13.7. The molecule has 0 aliphatic heterocycles. The minimum Gasteiger partial charge on any atom is -0.206 e. The van der Waals surface area contributed by atoms with Gasteiger partial charge in [-0.1, -0.05) is 0 Å². The van der Waals surface area contributed by atoms with E-state index in [1.165, 1.54) is 13.8 Å². The summed E-state index contributed by atoms with van der Waals surface area (Å²) in [6, 6.07) is 0. The van der Waals surface area contributed by atoms with Gasteiger partial charge in [-0.05, 0) is 33.3 Å². The molecule has 0 aliphatic carbocycles. The summed E-state index contributed by atoms with van der Waals surface area (Å²) in [6.07, 6.45) is 0.